The molecular formula is C30H32INO4. The van der Waals surface area contributed by atoms with Crippen LogP contribution in [0, 0.1) is 0 Å². The molecule has 0 saturated carbocycles. The molecule has 0 radical (unpaired) electrons. The Morgan fingerprint density at radius 1 is 0.917 bits per heavy atom. The summed E-state index contributed by atoms with van der Waals surface area (Å²) < 4.78 is 19.5. The lowest BCUT2D eigenvalue weighted by molar-refractivity contribution is -0.0383. The summed E-state index contributed by atoms with van der Waals surface area (Å²) >= 11 is 2.34. The minimum atomic E-state index is -0.374. The van der Waals surface area contributed by atoms with Crippen LogP contribution >= 0.6 is 22.6 Å². The lowest BCUT2D eigenvalue weighted by Crippen LogP contribution is -2.50. The summed E-state index contributed by atoms with van der Waals surface area (Å²) in [6, 6.07) is 29.5. The zero-order valence-corrected chi connectivity index (χ0v) is 22.7. The van der Waals surface area contributed by atoms with Crippen molar-refractivity contribution < 1.29 is 19.0 Å². The molecule has 5 nitrogen and oxygen atoms in total. The summed E-state index contributed by atoms with van der Waals surface area (Å²) in [5, 5.41) is 0. The van der Waals surface area contributed by atoms with E-state index in [0.717, 1.165) is 35.3 Å². The smallest absolute Gasteiger partial charge is 0.410 e. The molecule has 0 unspecified atom stereocenters. The monoisotopic (exact) mass is 597 g/mol. The number of amides is 1. The van der Waals surface area contributed by atoms with Gasteiger partial charge in [-0.05, 0) is 59.0 Å². The number of allylic oxidation sites excluding steroid dienone is 2. The van der Waals surface area contributed by atoms with E-state index in [1.54, 1.807) is 4.90 Å². The van der Waals surface area contributed by atoms with Gasteiger partial charge in [-0.3, -0.25) is 4.90 Å². The molecule has 0 fully saturated rings. The Kier molecular flexibility index (Phi) is 9.81. The van der Waals surface area contributed by atoms with E-state index >= 15 is 0 Å². The van der Waals surface area contributed by atoms with Crippen molar-refractivity contribution in [3.63, 3.8) is 0 Å². The maximum Gasteiger partial charge on any atom is 0.410 e. The summed E-state index contributed by atoms with van der Waals surface area (Å²) in [5.74, 6) is 0.914. The molecule has 0 spiro atoms. The van der Waals surface area contributed by atoms with E-state index in [0.29, 0.717) is 19.8 Å². The highest BCUT2D eigenvalue weighted by molar-refractivity contribution is 14.1. The van der Waals surface area contributed by atoms with Gasteiger partial charge >= 0.3 is 6.09 Å². The Morgan fingerprint density at radius 3 is 2.06 bits per heavy atom. The van der Waals surface area contributed by atoms with Crippen LogP contribution in [0.15, 0.2) is 100 Å². The quantitative estimate of drug-likeness (QED) is 0.231. The van der Waals surface area contributed by atoms with Crippen LogP contribution in [0.3, 0.4) is 0 Å². The zero-order valence-electron chi connectivity index (χ0n) is 20.5. The van der Waals surface area contributed by atoms with Crippen molar-refractivity contribution in [3.8, 4) is 0 Å². The summed E-state index contributed by atoms with van der Waals surface area (Å²) in [5.41, 5.74) is 3.07. The molecular weight excluding hydrogens is 565 g/mol. The lowest BCUT2D eigenvalue weighted by Gasteiger charge is -2.38. The number of hydrogen-bond donors (Lipinski definition) is 0. The Morgan fingerprint density at radius 2 is 1.47 bits per heavy atom. The van der Waals surface area contributed by atoms with E-state index in [2.05, 4.69) is 22.6 Å². The molecule has 4 rings (SSSR count). The number of rotatable bonds is 10. The molecule has 3 aromatic carbocycles. The molecule has 0 saturated heterocycles. The topological polar surface area (TPSA) is 48.0 Å². The van der Waals surface area contributed by atoms with Gasteiger partial charge in [-0.25, -0.2) is 4.79 Å². The van der Waals surface area contributed by atoms with Gasteiger partial charge in [-0.15, -0.1) is 0 Å². The van der Waals surface area contributed by atoms with Crippen LogP contribution in [-0.2, 0) is 34.0 Å². The molecule has 0 N–H and O–H groups in total. The third-order valence-corrected chi connectivity index (χ3v) is 7.52. The maximum absolute atomic E-state index is 13.6. The Bertz CT molecular complexity index is 1120. The molecule has 0 aliphatic carbocycles. The number of benzene rings is 3. The first-order chi connectivity index (χ1) is 17.6. The van der Waals surface area contributed by atoms with Crippen LogP contribution in [0.5, 0.6) is 0 Å². The van der Waals surface area contributed by atoms with Crippen molar-refractivity contribution in [2.45, 2.75) is 51.7 Å². The van der Waals surface area contributed by atoms with Crippen LogP contribution in [0.25, 0.3) is 0 Å². The SMILES string of the molecule is CC1=C(I)CC[C@@H]([C@@H](COCc2ccccc2)N(Cc2ccccc2)C(=O)OCc2ccccc2)O1. The van der Waals surface area contributed by atoms with Gasteiger partial charge in [-0.1, -0.05) is 91.0 Å². The number of ether oxygens (including phenoxy) is 3. The maximum atomic E-state index is 13.6. The molecule has 1 amide bonds. The summed E-state index contributed by atoms with van der Waals surface area (Å²) in [7, 11) is 0. The second-order valence-electron chi connectivity index (χ2n) is 8.88. The molecule has 1 aliphatic heterocycles. The summed E-state index contributed by atoms with van der Waals surface area (Å²) in [4.78, 5) is 15.3. The van der Waals surface area contributed by atoms with Crippen molar-refractivity contribution in [3.05, 3.63) is 117 Å². The number of nitrogens with zero attached hydrogens (tertiary/aromatic N) is 1. The van der Waals surface area contributed by atoms with Crippen molar-refractivity contribution in [2.24, 2.45) is 0 Å². The van der Waals surface area contributed by atoms with E-state index in [1.165, 1.54) is 3.58 Å². The molecule has 1 heterocycles. The number of carbonyl (C=O) groups excluding carboxylic acids is 1. The molecule has 1 aliphatic rings. The van der Waals surface area contributed by atoms with E-state index in [9.17, 15) is 4.79 Å². The van der Waals surface area contributed by atoms with E-state index < -0.39 is 0 Å². The first-order valence-electron chi connectivity index (χ1n) is 12.2. The van der Waals surface area contributed by atoms with Crippen molar-refractivity contribution >= 4 is 28.7 Å². The average molecular weight is 597 g/mol. The van der Waals surface area contributed by atoms with Crippen LogP contribution < -0.4 is 0 Å². The van der Waals surface area contributed by atoms with Crippen LogP contribution in [0.2, 0.25) is 0 Å². The largest absolute Gasteiger partial charge is 0.492 e. The molecule has 0 bridgehead atoms. The third-order valence-electron chi connectivity index (χ3n) is 6.22. The predicted octanol–water partition coefficient (Wildman–Crippen LogP) is 7.26. The van der Waals surface area contributed by atoms with E-state index in [4.69, 9.17) is 14.2 Å². The van der Waals surface area contributed by atoms with E-state index in [1.807, 2.05) is 97.9 Å². The zero-order chi connectivity index (χ0) is 25.2. The fourth-order valence-corrected chi connectivity index (χ4v) is 4.67. The molecule has 3 aromatic rings. The van der Waals surface area contributed by atoms with Gasteiger partial charge < -0.3 is 14.2 Å². The molecule has 188 valence electrons. The third kappa shape index (κ3) is 7.58. The number of halogens is 1. The highest BCUT2D eigenvalue weighted by Gasteiger charge is 2.35. The van der Waals surface area contributed by atoms with Gasteiger partial charge in [-0.2, -0.15) is 0 Å². The lowest BCUT2D eigenvalue weighted by atomic mass is 10.0. The second-order valence-corrected chi connectivity index (χ2v) is 10.2. The van der Waals surface area contributed by atoms with Crippen LogP contribution in [-0.4, -0.2) is 29.7 Å². The van der Waals surface area contributed by atoms with Gasteiger partial charge in [0.1, 0.15) is 18.5 Å². The average Bonchev–Trinajstić information content (AvgIpc) is 2.92. The Labute approximate surface area is 227 Å². The molecule has 6 heteroatoms. The fraction of sp³-hybridized carbons (Fsp3) is 0.300. The fourth-order valence-electron chi connectivity index (χ4n) is 4.24. The Balaban J connectivity index is 1.56. The molecule has 2 atom stereocenters. The van der Waals surface area contributed by atoms with Gasteiger partial charge in [0.2, 0.25) is 0 Å². The summed E-state index contributed by atoms with van der Waals surface area (Å²) in [6.45, 7) is 3.43. The van der Waals surface area contributed by atoms with Crippen molar-refractivity contribution in [1.82, 2.24) is 4.90 Å². The van der Waals surface area contributed by atoms with Gasteiger partial charge in [0.05, 0.1) is 19.3 Å². The number of hydrogen-bond acceptors (Lipinski definition) is 4. The van der Waals surface area contributed by atoms with Crippen LogP contribution in [0.4, 0.5) is 4.79 Å². The predicted molar refractivity (Wildman–Crippen MR) is 149 cm³/mol. The highest BCUT2D eigenvalue weighted by Crippen LogP contribution is 2.31. The standard InChI is InChI=1S/C30H32INO4/c1-23-27(31)17-18-29(36-23)28(22-34-20-25-13-7-3-8-14-25)32(19-24-11-5-2-6-12-24)30(33)35-21-26-15-9-4-10-16-26/h2-16,28-29H,17-22H2,1H3/t28-,29+/m1/s1. The highest BCUT2D eigenvalue weighted by atomic mass is 127. The van der Waals surface area contributed by atoms with Gasteiger partial charge in [0.25, 0.3) is 0 Å². The molecule has 0 aromatic heterocycles. The summed E-state index contributed by atoms with van der Waals surface area (Å²) in [6.07, 6.45) is 1.17. The first-order valence-corrected chi connectivity index (χ1v) is 13.3. The minimum Gasteiger partial charge on any atom is -0.492 e. The van der Waals surface area contributed by atoms with Crippen LogP contribution in [0.1, 0.15) is 36.5 Å². The van der Waals surface area contributed by atoms with Gasteiger partial charge in [0.15, 0.2) is 0 Å². The van der Waals surface area contributed by atoms with Crippen molar-refractivity contribution in [1.29, 1.82) is 0 Å². The minimum absolute atomic E-state index is 0.188. The number of carbonyl (C=O) groups is 1. The Hall–Kier alpha value is -2.84. The normalized spacial score (nSPS) is 16.2. The first kappa shape index (κ1) is 26.2. The van der Waals surface area contributed by atoms with Gasteiger partial charge in [0, 0.05) is 10.1 Å². The second kappa shape index (κ2) is 13.5. The molecule has 36 heavy (non-hydrogen) atoms. The van der Waals surface area contributed by atoms with E-state index in [-0.39, 0.29) is 24.8 Å². The van der Waals surface area contributed by atoms with Crippen molar-refractivity contribution in [2.75, 3.05) is 6.61 Å².